The lowest BCUT2D eigenvalue weighted by Gasteiger charge is -2.13. The van der Waals surface area contributed by atoms with Crippen LogP contribution in [0.5, 0.6) is 5.75 Å². The van der Waals surface area contributed by atoms with Gasteiger partial charge in [0.05, 0.1) is 18.5 Å². The normalized spacial score (nSPS) is 11.2. The van der Waals surface area contributed by atoms with Gasteiger partial charge in [-0.25, -0.2) is 9.36 Å². The van der Waals surface area contributed by atoms with Gasteiger partial charge in [-0.15, -0.1) is 23.1 Å². The van der Waals surface area contributed by atoms with Crippen molar-refractivity contribution >= 4 is 39.3 Å². The first kappa shape index (κ1) is 25.8. The van der Waals surface area contributed by atoms with Gasteiger partial charge in [0.25, 0.3) is 5.56 Å². The second-order valence-corrected chi connectivity index (χ2v) is 10.3. The number of nitrogens with zero attached hydrogens (tertiary/aromatic N) is 2. The molecule has 0 amide bonds. The van der Waals surface area contributed by atoms with E-state index in [0.717, 1.165) is 49.6 Å². The van der Waals surface area contributed by atoms with Gasteiger partial charge in [-0.1, -0.05) is 31.5 Å². The number of thioether (sulfide) groups is 1. The molecule has 36 heavy (non-hydrogen) atoms. The van der Waals surface area contributed by atoms with Gasteiger partial charge in [-0.05, 0) is 66.6 Å². The lowest BCUT2D eigenvalue weighted by Crippen LogP contribution is -2.41. The molecule has 0 radical (unpaired) electrons. The molecular weight excluding hydrogens is 496 g/mol. The molecule has 188 valence electrons. The van der Waals surface area contributed by atoms with Crippen molar-refractivity contribution in [3.05, 3.63) is 80.5 Å². The van der Waals surface area contributed by atoms with Crippen LogP contribution in [0.15, 0.2) is 63.0 Å². The highest BCUT2D eigenvalue weighted by Gasteiger charge is 2.22. The first-order valence-corrected chi connectivity index (χ1v) is 13.7. The van der Waals surface area contributed by atoms with Crippen molar-refractivity contribution in [2.24, 2.45) is 0 Å². The van der Waals surface area contributed by atoms with Gasteiger partial charge >= 0.3 is 11.7 Å². The van der Waals surface area contributed by atoms with E-state index in [-0.39, 0.29) is 6.54 Å². The zero-order valence-electron chi connectivity index (χ0n) is 20.4. The van der Waals surface area contributed by atoms with Gasteiger partial charge in [-0.3, -0.25) is 14.2 Å². The summed E-state index contributed by atoms with van der Waals surface area (Å²) in [6.45, 7) is 4.16. The second kappa shape index (κ2) is 11.2. The molecule has 9 heteroatoms. The Morgan fingerprint density at radius 2 is 1.81 bits per heavy atom. The van der Waals surface area contributed by atoms with Crippen LogP contribution in [0, 0.1) is 6.92 Å². The van der Waals surface area contributed by atoms with Gasteiger partial charge in [0.15, 0.2) is 0 Å². The summed E-state index contributed by atoms with van der Waals surface area (Å²) in [5, 5.41) is 9.76. The van der Waals surface area contributed by atoms with Gasteiger partial charge in [-0.2, -0.15) is 0 Å². The number of fused-ring (bicyclic) bond motifs is 1. The van der Waals surface area contributed by atoms with Crippen molar-refractivity contribution in [3.8, 4) is 16.2 Å². The molecule has 0 fully saturated rings. The molecular formula is C27H28N2O5S2. The Kier molecular flexibility index (Phi) is 8.01. The predicted molar refractivity (Wildman–Crippen MR) is 146 cm³/mol. The maximum Gasteiger partial charge on any atom is 0.332 e. The van der Waals surface area contributed by atoms with Crippen LogP contribution in [0.3, 0.4) is 0 Å². The summed E-state index contributed by atoms with van der Waals surface area (Å²) >= 11 is 2.95. The van der Waals surface area contributed by atoms with E-state index in [0.29, 0.717) is 16.8 Å². The summed E-state index contributed by atoms with van der Waals surface area (Å²) in [5.74, 6) is -0.461. The largest absolute Gasteiger partial charge is 0.494 e. The number of carboxylic acid groups (broad SMARTS) is 1. The highest BCUT2D eigenvalue weighted by atomic mass is 32.2. The minimum Gasteiger partial charge on any atom is -0.494 e. The first-order valence-electron chi connectivity index (χ1n) is 11.7. The predicted octanol–water partition coefficient (Wildman–Crippen LogP) is 5.23. The minimum atomic E-state index is -1.24. The molecule has 0 atom stereocenters. The maximum absolute atomic E-state index is 13.4. The molecule has 4 rings (SSSR count). The van der Waals surface area contributed by atoms with Crippen molar-refractivity contribution in [2.45, 2.75) is 44.7 Å². The fourth-order valence-electron chi connectivity index (χ4n) is 4.12. The molecule has 1 N–H and O–H groups in total. The van der Waals surface area contributed by atoms with Gasteiger partial charge in [0, 0.05) is 9.77 Å². The fourth-order valence-corrected chi connectivity index (χ4v) is 6.03. The molecule has 0 unspecified atom stereocenters. The third-order valence-corrected chi connectivity index (χ3v) is 8.19. The summed E-state index contributed by atoms with van der Waals surface area (Å²) in [6, 6.07) is 15.4. The number of carboxylic acids is 1. The number of aromatic nitrogens is 2. The molecule has 0 aliphatic heterocycles. The van der Waals surface area contributed by atoms with E-state index in [1.165, 1.54) is 15.9 Å². The highest BCUT2D eigenvalue weighted by molar-refractivity contribution is 7.98. The number of hydrogen-bond donors (Lipinski definition) is 1. The molecule has 0 bridgehead atoms. The number of aryl methyl sites for hydroxylation is 1. The molecule has 0 spiro atoms. The van der Waals surface area contributed by atoms with Crippen molar-refractivity contribution < 1.29 is 14.6 Å². The molecule has 7 nitrogen and oxygen atoms in total. The quantitative estimate of drug-likeness (QED) is 0.226. The Balaban J connectivity index is 1.88. The maximum atomic E-state index is 13.4. The van der Waals surface area contributed by atoms with E-state index in [4.69, 9.17) is 4.74 Å². The van der Waals surface area contributed by atoms with E-state index in [2.05, 4.69) is 6.92 Å². The lowest BCUT2D eigenvalue weighted by atomic mass is 10.1. The number of thiophene rings is 1. The van der Waals surface area contributed by atoms with Crippen molar-refractivity contribution in [1.82, 2.24) is 9.13 Å². The Morgan fingerprint density at radius 1 is 1.08 bits per heavy atom. The summed E-state index contributed by atoms with van der Waals surface area (Å²) < 4.78 is 8.11. The summed E-state index contributed by atoms with van der Waals surface area (Å²) in [4.78, 5) is 40.7. The molecule has 2 aromatic heterocycles. The highest BCUT2D eigenvalue weighted by Crippen LogP contribution is 2.37. The standard InChI is InChI=1S/C27H28N2O5S2/c1-4-5-14-34-20-12-10-18(11-13-20)24-17(2)23-25(32)28(16-22(30)31)27(33)29(26(23)36-24)15-19-8-6-7-9-21(19)35-3/h6-13H,4-5,14-16H2,1-3H3,(H,30,31). The molecule has 0 saturated heterocycles. The van der Waals surface area contributed by atoms with Crippen LogP contribution < -0.4 is 16.0 Å². The smallest absolute Gasteiger partial charge is 0.332 e. The Morgan fingerprint density at radius 3 is 2.47 bits per heavy atom. The molecule has 0 aliphatic rings. The van der Waals surface area contributed by atoms with Crippen LogP contribution in [0.25, 0.3) is 20.7 Å². The molecule has 0 aliphatic carbocycles. The third kappa shape index (κ3) is 5.12. The first-order chi connectivity index (χ1) is 17.3. The van der Waals surface area contributed by atoms with Crippen molar-refractivity contribution in [3.63, 3.8) is 0 Å². The average molecular weight is 525 g/mol. The number of rotatable bonds is 10. The number of ether oxygens (including phenoxy) is 1. The van der Waals surface area contributed by atoms with Crippen LogP contribution in [-0.2, 0) is 17.9 Å². The Hall–Kier alpha value is -3.30. The molecule has 0 saturated carbocycles. The van der Waals surface area contributed by atoms with E-state index in [1.54, 1.807) is 11.8 Å². The average Bonchev–Trinajstić information content (AvgIpc) is 3.22. The summed E-state index contributed by atoms with van der Waals surface area (Å²) in [5.41, 5.74) is 1.36. The van der Waals surface area contributed by atoms with E-state index < -0.39 is 23.8 Å². The van der Waals surface area contributed by atoms with Crippen molar-refractivity contribution in [1.29, 1.82) is 0 Å². The monoisotopic (exact) mass is 524 g/mol. The zero-order valence-corrected chi connectivity index (χ0v) is 22.1. The SMILES string of the molecule is CCCCOc1ccc(-c2sc3c(c2C)c(=O)n(CC(=O)O)c(=O)n3Cc2ccccc2SC)cc1. The number of benzene rings is 2. The molecule has 2 aromatic carbocycles. The van der Waals surface area contributed by atoms with Crippen LogP contribution in [0.4, 0.5) is 0 Å². The Bertz CT molecular complexity index is 1520. The van der Waals surface area contributed by atoms with Crippen LogP contribution in [-0.4, -0.2) is 33.1 Å². The van der Waals surface area contributed by atoms with Crippen molar-refractivity contribution in [2.75, 3.05) is 12.9 Å². The van der Waals surface area contributed by atoms with Gasteiger partial charge < -0.3 is 9.84 Å². The molecule has 2 heterocycles. The summed E-state index contributed by atoms with van der Waals surface area (Å²) in [6.07, 6.45) is 4.00. The molecule has 4 aromatic rings. The number of carbonyl (C=O) groups is 1. The van der Waals surface area contributed by atoms with Crippen LogP contribution in [0.2, 0.25) is 0 Å². The second-order valence-electron chi connectivity index (χ2n) is 8.43. The minimum absolute atomic E-state index is 0.232. The third-order valence-electron chi connectivity index (χ3n) is 5.99. The topological polar surface area (TPSA) is 90.5 Å². The number of hydrogen-bond acceptors (Lipinski definition) is 6. The van der Waals surface area contributed by atoms with Crippen LogP contribution >= 0.6 is 23.1 Å². The van der Waals surface area contributed by atoms with E-state index in [1.807, 2.05) is 61.7 Å². The number of unbranched alkanes of at least 4 members (excludes halogenated alkanes) is 1. The van der Waals surface area contributed by atoms with E-state index >= 15 is 0 Å². The van der Waals surface area contributed by atoms with Crippen LogP contribution in [0.1, 0.15) is 30.9 Å². The van der Waals surface area contributed by atoms with Gasteiger partial charge in [0.2, 0.25) is 0 Å². The van der Waals surface area contributed by atoms with E-state index in [9.17, 15) is 19.5 Å². The Labute approximate surface area is 217 Å². The summed E-state index contributed by atoms with van der Waals surface area (Å²) in [7, 11) is 0. The fraction of sp³-hybridized carbons (Fsp3) is 0.296. The lowest BCUT2D eigenvalue weighted by molar-refractivity contribution is -0.137. The van der Waals surface area contributed by atoms with Gasteiger partial charge in [0.1, 0.15) is 17.1 Å². The zero-order chi connectivity index (χ0) is 25.8. The number of aliphatic carboxylic acids is 1.